The zero-order valence-electron chi connectivity index (χ0n) is 10.6. The number of hydrogen-bond acceptors (Lipinski definition) is 4. The van der Waals surface area contributed by atoms with Crippen molar-refractivity contribution in [3.63, 3.8) is 0 Å². The number of carbonyl (C=O) groups excluding carboxylic acids is 1. The molecule has 0 spiro atoms. The average molecular weight is 277 g/mol. The van der Waals surface area contributed by atoms with E-state index >= 15 is 0 Å². The fraction of sp³-hybridized carbons (Fsp3) is 0.385. The van der Waals surface area contributed by atoms with E-state index in [2.05, 4.69) is 10.3 Å². The van der Waals surface area contributed by atoms with Gasteiger partial charge in [0.15, 0.2) is 0 Å². The first-order valence-corrected chi connectivity index (χ1v) is 7.12. The summed E-state index contributed by atoms with van der Waals surface area (Å²) in [6, 6.07) is 1.81. The molecular formula is C13H15N3O2S. The molecule has 100 valence electrons. The monoisotopic (exact) mass is 277 g/mol. The van der Waals surface area contributed by atoms with Gasteiger partial charge < -0.3 is 14.6 Å². The van der Waals surface area contributed by atoms with Crippen LogP contribution < -0.4 is 5.32 Å². The van der Waals surface area contributed by atoms with Crippen LogP contribution in [0.4, 0.5) is 0 Å². The average Bonchev–Trinajstić information content (AvgIpc) is 3.09. The lowest BCUT2D eigenvalue weighted by Gasteiger charge is -2.19. The lowest BCUT2D eigenvalue weighted by atomic mass is 10.1. The Bertz CT molecular complexity index is 564. The van der Waals surface area contributed by atoms with E-state index in [0.29, 0.717) is 12.2 Å². The van der Waals surface area contributed by atoms with Crippen molar-refractivity contribution in [3.05, 3.63) is 40.6 Å². The van der Waals surface area contributed by atoms with Gasteiger partial charge >= 0.3 is 0 Å². The van der Waals surface area contributed by atoms with Gasteiger partial charge in [-0.1, -0.05) is 0 Å². The smallest absolute Gasteiger partial charge is 0.252 e. The Kier molecular flexibility index (Phi) is 3.35. The van der Waals surface area contributed by atoms with E-state index in [0.717, 1.165) is 12.2 Å². The Balaban J connectivity index is 1.74. The van der Waals surface area contributed by atoms with Crippen LogP contribution in [0, 0.1) is 0 Å². The molecule has 6 heteroatoms. The maximum absolute atomic E-state index is 12.1. The van der Waals surface area contributed by atoms with Crippen molar-refractivity contribution in [3.8, 4) is 0 Å². The molecule has 3 heterocycles. The molecule has 0 aliphatic carbocycles. The minimum Gasteiger partial charge on any atom is -0.368 e. The molecule has 3 rings (SSSR count). The maximum Gasteiger partial charge on any atom is 0.252 e. The third kappa shape index (κ3) is 2.41. The van der Waals surface area contributed by atoms with Gasteiger partial charge in [-0.25, -0.2) is 4.98 Å². The number of carbonyl (C=O) groups is 1. The number of ether oxygens (including phenoxy) is 1. The molecule has 19 heavy (non-hydrogen) atoms. The third-order valence-electron chi connectivity index (χ3n) is 3.30. The highest BCUT2D eigenvalue weighted by molar-refractivity contribution is 7.08. The second-order valence-electron chi connectivity index (χ2n) is 4.57. The summed E-state index contributed by atoms with van der Waals surface area (Å²) >= 11 is 1.52. The third-order valence-corrected chi connectivity index (χ3v) is 3.99. The van der Waals surface area contributed by atoms with Crippen LogP contribution in [0.25, 0.3) is 0 Å². The highest BCUT2D eigenvalue weighted by atomic mass is 32.1. The van der Waals surface area contributed by atoms with Crippen molar-refractivity contribution in [2.45, 2.75) is 18.6 Å². The van der Waals surface area contributed by atoms with E-state index in [1.807, 2.05) is 34.6 Å². The second-order valence-corrected chi connectivity index (χ2v) is 5.35. The van der Waals surface area contributed by atoms with Gasteiger partial charge in [0.2, 0.25) is 0 Å². The van der Waals surface area contributed by atoms with Crippen molar-refractivity contribution >= 4 is 17.2 Å². The summed E-state index contributed by atoms with van der Waals surface area (Å²) in [5.41, 5.74) is 0.704. The quantitative estimate of drug-likeness (QED) is 0.929. The van der Waals surface area contributed by atoms with Crippen LogP contribution in [0.3, 0.4) is 0 Å². The molecule has 5 nitrogen and oxygen atoms in total. The topological polar surface area (TPSA) is 56.1 Å². The van der Waals surface area contributed by atoms with Crippen molar-refractivity contribution < 1.29 is 9.53 Å². The second kappa shape index (κ2) is 5.14. The summed E-state index contributed by atoms with van der Waals surface area (Å²) < 4.78 is 7.64. The van der Waals surface area contributed by atoms with Gasteiger partial charge in [0.05, 0.1) is 6.04 Å². The molecule has 2 aromatic rings. The number of hydrogen-bond donors (Lipinski definition) is 1. The number of rotatable bonds is 3. The summed E-state index contributed by atoms with van der Waals surface area (Å²) in [5.74, 6) is 0.809. The summed E-state index contributed by atoms with van der Waals surface area (Å²) in [7, 11) is 1.93. The zero-order valence-corrected chi connectivity index (χ0v) is 11.4. The van der Waals surface area contributed by atoms with Gasteiger partial charge in [-0.3, -0.25) is 4.79 Å². The lowest BCUT2D eigenvalue weighted by Crippen LogP contribution is -2.37. The standard InChI is InChI=1S/C13H15N3O2S/c1-16-5-4-14-12(16)11-10(2-6-18-11)15-13(17)9-3-7-19-8-9/h3-5,7-8,10-11H,2,6H2,1H3,(H,15,17)/t10-,11-/m0/s1. The highest BCUT2D eigenvalue weighted by Gasteiger charge is 2.33. The molecule has 0 saturated carbocycles. The lowest BCUT2D eigenvalue weighted by molar-refractivity contribution is 0.0779. The van der Waals surface area contributed by atoms with Crippen LogP contribution in [-0.4, -0.2) is 28.1 Å². The largest absolute Gasteiger partial charge is 0.368 e. The first-order valence-electron chi connectivity index (χ1n) is 6.17. The molecule has 1 saturated heterocycles. The van der Waals surface area contributed by atoms with Crippen molar-refractivity contribution in [2.75, 3.05) is 6.61 Å². The van der Waals surface area contributed by atoms with Crippen LogP contribution in [0.1, 0.15) is 28.7 Å². The predicted octanol–water partition coefficient (Wildman–Crippen LogP) is 1.74. The van der Waals surface area contributed by atoms with Gasteiger partial charge in [-0.05, 0) is 17.9 Å². The summed E-state index contributed by atoms with van der Waals surface area (Å²) in [6.07, 6.45) is 4.28. The molecule has 0 bridgehead atoms. The van der Waals surface area contributed by atoms with E-state index in [1.165, 1.54) is 11.3 Å². The molecule has 1 N–H and O–H groups in total. The first kappa shape index (κ1) is 12.4. The zero-order chi connectivity index (χ0) is 13.2. The van der Waals surface area contributed by atoms with E-state index in [1.54, 1.807) is 6.20 Å². The Morgan fingerprint density at radius 3 is 3.21 bits per heavy atom. The van der Waals surface area contributed by atoms with Crippen molar-refractivity contribution in [1.29, 1.82) is 0 Å². The molecule has 1 aliphatic heterocycles. The summed E-state index contributed by atoms with van der Waals surface area (Å²) in [4.78, 5) is 16.4. The minimum absolute atomic E-state index is 0.0199. The van der Waals surface area contributed by atoms with Crippen LogP contribution in [0.15, 0.2) is 29.2 Å². The Labute approximate surface area is 115 Å². The molecule has 1 fully saturated rings. The van der Waals surface area contributed by atoms with Gasteiger partial charge in [0, 0.05) is 37.0 Å². The first-order chi connectivity index (χ1) is 9.25. The molecular weight excluding hydrogens is 262 g/mol. The van der Waals surface area contributed by atoms with E-state index < -0.39 is 0 Å². The van der Waals surface area contributed by atoms with Crippen LogP contribution >= 0.6 is 11.3 Å². The Morgan fingerprint density at radius 2 is 2.53 bits per heavy atom. The van der Waals surface area contributed by atoms with Crippen LogP contribution in [0.5, 0.6) is 0 Å². The van der Waals surface area contributed by atoms with Gasteiger partial charge in [0.25, 0.3) is 5.91 Å². The molecule has 1 amide bonds. The van der Waals surface area contributed by atoms with Crippen molar-refractivity contribution in [1.82, 2.24) is 14.9 Å². The van der Waals surface area contributed by atoms with Gasteiger partial charge in [-0.2, -0.15) is 11.3 Å². The highest BCUT2D eigenvalue weighted by Crippen LogP contribution is 2.28. The fourth-order valence-electron chi connectivity index (χ4n) is 2.29. The molecule has 2 atom stereocenters. The Hall–Kier alpha value is -1.66. The number of nitrogens with zero attached hydrogens (tertiary/aromatic N) is 2. The van der Waals surface area contributed by atoms with E-state index in [9.17, 15) is 4.79 Å². The van der Waals surface area contributed by atoms with Crippen molar-refractivity contribution in [2.24, 2.45) is 7.05 Å². The maximum atomic E-state index is 12.1. The molecule has 0 radical (unpaired) electrons. The Morgan fingerprint density at radius 1 is 1.63 bits per heavy atom. The van der Waals surface area contributed by atoms with Crippen LogP contribution in [0.2, 0.25) is 0 Å². The number of imidazole rings is 1. The minimum atomic E-state index is -0.164. The number of aromatic nitrogens is 2. The number of amides is 1. The summed E-state index contributed by atoms with van der Waals surface area (Å²) in [6.45, 7) is 0.645. The number of aryl methyl sites for hydroxylation is 1. The predicted molar refractivity (Wildman–Crippen MR) is 72.1 cm³/mol. The van der Waals surface area contributed by atoms with Gasteiger partial charge in [-0.15, -0.1) is 0 Å². The molecule has 1 aliphatic rings. The fourth-order valence-corrected chi connectivity index (χ4v) is 2.92. The normalized spacial score (nSPS) is 22.6. The molecule has 0 aromatic carbocycles. The SMILES string of the molecule is Cn1ccnc1[C@H]1OCC[C@@H]1NC(=O)c1ccsc1. The molecule has 0 unspecified atom stereocenters. The number of thiophene rings is 1. The number of nitrogens with one attached hydrogen (secondary N) is 1. The van der Waals surface area contributed by atoms with E-state index in [4.69, 9.17) is 4.74 Å². The van der Waals surface area contributed by atoms with Gasteiger partial charge in [0.1, 0.15) is 11.9 Å². The van der Waals surface area contributed by atoms with Crippen LogP contribution in [-0.2, 0) is 11.8 Å². The van der Waals surface area contributed by atoms with E-state index in [-0.39, 0.29) is 18.1 Å². The molecule has 2 aromatic heterocycles. The summed E-state index contributed by atoms with van der Waals surface area (Å²) in [5, 5.41) is 6.78.